The van der Waals surface area contributed by atoms with Gasteiger partial charge in [-0.1, -0.05) is 103 Å². The van der Waals surface area contributed by atoms with Gasteiger partial charge in [-0.2, -0.15) is 0 Å². The van der Waals surface area contributed by atoms with Crippen molar-refractivity contribution >= 4 is 51.9 Å². The molecule has 0 aliphatic carbocycles. The summed E-state index contributed by atoms with van der Waals surface area (Å²) in [4.78, 5) is 0. The minimum atomic E-state index is 0. The molecule has 0 aliphatic rings. The lowest BCUT2D eigenvalue weighted by Gasteiger charge is -2.17. The molecule has 0 saturated heterocycles. The van der Waals surface area contributed by atoms with E-state index in [2.05, 4.69) is 109 Å². The molecule has 6 aromatic carbocycles. The normalized spacial score (nSPS) is 11.3. The highest BCUT2D eigenvalue weighted by Gasteiger charge is 2.17. The highest BCUT2D eigenvalue weighted by atomic mass is 16.3. The van der Waals surface area contributed by atoms with E-state index < -0.39 is 0 Å². The van der Waals surface area contributed by atoms with Gasteiger partial charge < -0.3 is 4.42 Å². The first kappa shape index (κ1) is 20.3. The standard InChI is InChI=1S/C32H20O.B/c1-2-10-21(11-3-1)31-24-13-4-6-15-26(24)32(27-16-7-5-14-25(27)31)22-18-19-30-28(20-22)23-12-8-9-17-29(23)33-30;/h1-20H;. The fourth-order valence-corrected chi connectivity index (χ4v) is 5.24. The summed E-state index contributed by atoms with van der Waals surface area (Å²) in [7, 11) is 0. The van der Waals surface area contributed by atoms with E-state index in [4.69, 9.17) is 4.42 Å². The van der Waals surface area contributed by atoms with Crippen LogP contribution in [0.3, 0.4) is 0 Å². The molecule has 1 heterocycles. The molecule has 0 bridgehead atoms. The van der Waals surface area contributed by atoms with Gasteiger partial charge in [0, 0.05) is 19.2 Å². The monoisotopic (exact) mass is 431 g/mol. The van der Waals surface area contributed by atoms with Crippen LogP contribution in [0.15, 0.2) is 126 Å². The summed E-state index contributed by atoms with van der Waals surface area (Å²) in [5, 5.41) is 7.39. The van der Waals surface area contributed by atoms with Gasteiger partial charge in [0.1, 0.15) is 11.2 Å². The quantitative estimate of drug-likeness (QED) is 0.197. The Bertz CT molecular complexity index is 1760. The smallest absolute Gasteiger partial charge is 0.135 e. The van der Waals surface area contributed by atoms with Crippen molar-refractivity contribution in [3.63, 3.8) is 0 Å². The molecule has 0 atom stereocenters. The summed E-state index contributed by atoms with van der Waals surface area (Å²) < 4.78 is 6.10. The zero-order valence-electron chi connectivity index (χ0n) is 18.5. The van der Waals surface area contributed by atoms with Crippen molar-refractivity contribution in [1.82, 2.24) is 0 Å². The molecule has 2 heteroatoms. The summed E-state index contributed by atoms with van der Waals surface area (Å²) in [5.41, 5.74) is 6.87. The topological polar surface area (TPSA) is 13.1 Å². The lowest BCUT2D eigenvalue weighted by Crippen LogP contribution is -1.90. The van der Waals surface area contributed by atoms with Gasteiger partial charge in [-0.3, -0.25) is 0 Å². The third-order valence-electron chi connectivity index (χ3n) is 6.66. The van der Waals surface area contributed by atoms with Crippen molar-refractivity contribution < 1.29 is 4.42 Å². The Morgan fingerprint density at radius 1 is 0.353 bits per heavy atom. The second kappa shape index (κ2) is 7.93. The van der Waals surface area contributed by atoms with E-state index in [0.29, 0.717) is 0 Å². The molecule has 0 unspecified atom stereocenters. The zero-order valence-corrected chi connectivity index (χ0v) is 18.5. The molecule has 7 rings (SSSR count). The molecule has 157 valence electrons. The molecule has 1 aromatic heterocycles. The van der Waals surface area contributed by atoms with Gasteiger partial charge in [0.15, 0.2) is 0 Å². The first-order valence-corrected chi connectivity index (χ1v) is 11.3. The lowest BCUT2D eigenvalue weighted by atomic mass is 9.86. The first-order chi connectivity index (χ1) is 16.4. The molecule has 7 aromatic rings. The molecule has 34 heavy (non-hydrogen) atoms. The van der Waals surface area contributed by atoms with Crippen LogP contribution in [0.5, 0.6) is 0 Å². The summed E-state index contributed by atoms with van der Waals surface area (Å²) in [5.74, 6) is 0. The van der Waals surface area contributed by atoms with Gasteiger partial charge in [0.2, 0.25) is 0 Å². The Hall–Kier alpha value is -4.30. The van der Waals surface area contributed by atoms with E-state index in [0.717, 1.165) is 21.9 Å². The summed E-state index contributed by atoms with van der Waals surface area (Å²) in [6.07, 6.45) is 0. The van der Waals surface area contributed by atoms with Crippen molar-refractivity contribution in [1.29, 1.82) is 0 Å². The van der Waals surface area contributed by atoms with Crippen molar-refractivity contribution in [3.05, 3.63) is 121 Å². The highest BCUT2D eigenvalue weighted by Crippen LogP contribution is 2.44. The maximum atomic E-state index is 6.10. The number of furan rings is 1. The lowest BCUT2D eigenvalue weighted by molar-refractivity contribution is 0.669. The minimum absolute atomic E-state index is 0. The Balaban J connectivity index is 0.00000217. The van der Waals surface area contributed by atoms with Crippen LogP contribution in [0.25, 0.3) is 65.7 Å². The van der Waals surface area contributed by atoms with Crippen molar-refractivity contribution in [2.75, 3.05) is 0 Å². The maximum absolute atomic E-state index is 6.10. The molecule has 0 amide bonds. The summed E-state index contributed by atoms with van der Waals surface area (Å²) in [6, 6.07) is 43.1. The number of benzene rings is 6. The average Bonchev–Trinajstić information content (AvgIpc) is 3.25. The van der Waals surface area contributed by atoms with E-state index in [1.54, 1.807) is 0 Å². The third-order valence-corrected chi connectivity index (χ3v) is 6.66. The number of hydrogen-bond acceptors (Lipinski definition) is 1. The van der Waals surface area contributed by atoms with E-state index in [-0.39, 0.29) is 8.41 Å². The predicted octanol–water partition coefficient (Wildman–Crippen LogP) is 8.85. The third kappa shape index (κ3) is 2.96. The molecule has 0 N–H and O–H groups in total. The van der Waals surface area contributed by atoms with Crippen LogP contribution in [-0.2, 0) is 0 Å². The van der Waals surface area contributed by atoms with Crippen LogP contribution >= 0.6 is 0 Å². The number of para-hydroxylation sites is 1. The van der Waals surface area contributed by atoms with E-state index in [9.17, 15) is 0 Å². The van der Waals surface area contributed by atoms with Crippen LogP contribution < -0.4 is 0 Å². The van der Waals surface area contributed by atoms with Crippen LogP contribution in [0.4, 0.5) is 0 Å². The van der Waals surface area contributed by atoms with Crippen molar-refractivity contribution in [2.45, 2.75) is 0 Å². The highest BCUT2D eigenvalue weighted by molar-refractivity contribution is 6.22. The molecule has 0 saturated carbocycles. The van der Waals surface area contributed by atoms with Crippen molar-refractivity contribution in [2.24, 2.45) is 0 Å². The van der Waals surface area contributed by atoms with Gasteiger partial charge in [-0.05, 0) is 62.0 Å². The van der Waals surface area contributed by atoms with Gasteiger partial charge in [0.25, 0.3) is 0 Å². The zero-order chi connectivity index (χ0) is 21.8. The first-order valence-electron chi connectivity index (χ1n) is 11.3. The molecular formula is C32H20BO. The maximum Gasteiger partial charge on any atom is 0.135 e. The van der Waals surface area contributed by atoms with E-state index in [1.165, 1.54) is 43.8 Å². The molecule has 0 aliphatic heterocycles. The van der Waals surface area contributed by atoms with E-state index in [1.807, 2.05) is 12.1 Å². The summed E-state index contributed by atoms with van der Waals surface area (Å²) in [6.45, 7) is 0. The van der Waals surface area contributed by atoms with Gasteiger partial charge >= 0.3 is 0 Å². The average molecular weight is 431 g/mol. The van der Waals surface area contributed by atoms with E-state index >= 15 is 0 Å². The number of fused-ring (bicyclic) bond motifs is 5. The SMILES string of the molecule is [B].c1ccc(-c2c3ccccc3c(-c3ccc4oc5ccccc5c4c3)c3ccccc23)cc1. The molecular weight excluding hydrogens is 411 g/mol. The Labute approximate surface area is 199 Å². The molecule has 3 radical (unpaired) electrons. The number of hydrogen-bond donors (Lipinski definition) is 0. The van der Waals surface area contributed by atoms with Crippen LogP contribution in [0.1, 0.15) is 0 Å². The Morgan fingerprint density at radius 2 is 0.824 bits per heavy atom. The molecule has 0 fully saturated rings. The molecule has 0 spiro atoms. The van der Waals surface area contributed by atoms with Gasteiger partial charge in [-0.15, -0.1) is 0 Å². The fourth-order valence-electron chi connectivity index (χ4n) is 5.24. The van der Waals surface area contributed by atoms with Gasteiger partial charge in [-0.25, -0.2) is 0 Å². The predicted molar refractivity (Wildman–Crippen MR) is 145 cm³/mol. The second-order valence-corrected chi connectivity index (χ2v) is 8.52. The van der Waals surface area contributed by atoms with Crippen LogP contribution in [-0.4, -0.2) is 8.41 Å². The largest absolute Gasteiger partial charge is 0.456 e. The van der Waals surface area contributed by atoms with Crippen molar-refractivity contribution in [3.8, 4) is 22.3 Å². The van der Waals surface area contributed by atoms with Crippen LogP contribution in [0, 0.1) is 0 Å². The second-order valence-electron chi connectivity index (χ2n) is 8.52. The Kier molecular flexibility index (Phi) is 4.74. The van der Waals surface area contributed by atoms with Crippen LogP contribution in [0.2, 0.25) is 0 Å². The Morgan fingerprint density at radius 3 is 1.44 bits per heavy atom. The minimum Gasteiger partial charge on any atom is -0.456 e. The van der Waals surface area contributed by atoms with Gasteiger partial charge in [0.05, 0.1) is 0 Å². The number of rotatable bonds is 2. The fraction of sp³-hybridized carbons (Fsp3) is 0. The molecule has 1 nitrogen and oxygen atoms in total. The summed E-state index contributed by atoms with van der Waals surface area (Å²) >= 11 is 0.